The molecule has 1 unspecified atom stereocenters. The van der Waals surface area contributed by atoms with E-state index >= 15 is 0 Å². The first-order valence-corrected chi connectivity index (χ1v) is 7.63. The summed E-state index contributed by atoms with van der Waals surface area (Å²) in [5.41, 5.74) is 1.76. The summed E-state index contributed by atoms with van der Waals surface area (Å²) in [6.45, 7) is 0. The molecule has 0 aromatic heterocycles. The molecule has 0 fully saturated rings. The SMILES string of the molecule is COc1ccc(C(Br)Cc2ccc(F)c(F)c2)cc1Br. The summed E-state index contributed by atoms with van der Waals surface area (Å²) in [5.74, 6) is -0.897. The summed E-state index contributed by atoms with van der Waals surface area (Å²) >= 11 is 7.00. The highest BCUT2D eigenvalue weighted by Crippen LogP contribution is 2.33. The maximum Gasteiger partial charge on any atom is 0.159 e. The zero-order valence-electron chi connectivity index (χ0n) is 10.7. The number of halogens is 4. The zero-order chi connectivity index (χ0) is 14.7. The van der Waals surface area contributed by atoms with Crippen molar-refractivity contribution in [2.24, 2.45) is 0 Å². The Morgan fingerprint density at radius 1 is 1.10 bits per heavy atom. The maximum atomic E-state index is 13.2. The molecule has 0 spiro atoms. The predicted octanol–water partition coefficient (Wildman–Crippen LogP) is 5.41. The van der Waals surface area contributed by atoms with Crippen molar-refractivity contribution in [1.29, 1.82) is 0 Å². The van der Waals surface area contributed by atoms with E-state index < -0.39 is 11.6 Å². The third kappa shape index (κ3) is 3.58. The Morgan fingerprint density at radius 3 is 2.45 bits per heavy atom. The van der Waals surface area contributed by atoms with Crippen molar-refractivity contribution in [3.05, 3.63) is 63.6 Å². The van der Waals surface area contributed by atoms with Gasteiger partial charge in [-0.1, -0.05) is 28.1 Å². The van der Waals surface area contributed by atoms with Crippen LogP contribution in [-0.4, -0.2) is 7.11 Å². The van der Waals surface area contributed by atoms with Crippen LogP contribution in [0.15, 0.2) is 40.9 Å². The standard InChI is InChI=1S/C15H12Br2F2O/c1-20-15-5-3-10(8-12(15)17)11(16)6-9-2-4-13(18)14(19)7-9/h2-5,7-8,11H,6H2,1H3. The molecule has 0 N–H and O–H groups in total. The Bertz CT molecular complexity index is 617. The molecular weight excluding hydrogens is 394 g/mol. The fourth-order valence-corrected chi connectivity index (χ4v) is 3.09. The van der Waals surface area contributed by atoms with Gasteiger partial charge < -0.3 is 4.74 Å². The minimum absolute atomic E-state index is 0.00886. The van der Waals surface area contributed by atoms with Crippen molar-refractivity contribution in [3.8, 4) is 5.75 Å². The van der Waals surface area contributed by atoms with E-state index in [1.807, 2.05) is 18.2 Å². The average molecular weight is 406 g/mol. The number of ether oxygens (including phenoxy) is 1. The predicted molar refractivity (Wildman–Crippen MR) is 82.4 cm³/mol. The van der Waals surface area contributed by atoms with Gasteiger partial charge in [0.05, 0.1) is 11.6 Å². The molecule has 0 bridgehead atoms. The molecule has 5 heteroatoms. The molecule has 0 aliphatic heterocycles. The Labute approximate surface area is 133 Å². The van der Waals surface area contributed by atoms with E-state index in [2.05, 4.69) is 31.9 Å². The molecule has 0 saturated heterocycles. The summed E-state index contributed by atoms with van der Waals surface area (Å²) in [6, 6.07) is 9.70. The maximum absolute atomic E-state index is 13.2. The van der Waals surface area contributed by atoms with E-state index in [0.717, 1.165) is 27.4 Å². The van der Waals surface area contributed by atoms with Crippen molar-refractivity contribution >= 4 is 31.9 Å². The van der Waals surface area contributed by atoms with Gasteiger partial charge >= 0.3 is 0 Å². The number of rotatable bonds is 4. The molecular formula is C15H12Br2F2O. The molecule has 0 radical (unpaired) electrons. The quantitative estimate of drug-likeness (QED) is 0.617. The lowest BCUT2D eigenvalue weighted by molar-refractivity contribution is 0.412. The number of hydrogen-bond acceptors (Lipinski definition) is 1. The van der Waals surface area contributed by atoms with E-state index in [1.54, 1.807) is 13.2 Å². The number of methoxy groups -OCH3 is 1. The highest BCUT2D eigenvalue weighted by Gasteiger charge is 2.12. The van der Waals surface area contributed by atoms with Crippen LogP contribution in [0, 0.1) is 11.6 Å². The van der Waals surface area contributed by atoms with E-state index in [4.69, 9.17) is 4.74 Å². The molecule has 1 nitrogen and oxygen atoms in total. The van der Waals surface area contributed by atoms with Gasteiger partial charge in [-0.15, -0.1) is 0 Å². The van der Waals surface area contributed by atoms with Crippen LogP contribution in [0.2, 0.25) is 0 Å². The second-order valence-corrected chi connectivity index (χ2v) is 6.27. The van der Waals surface area contributed by atoms with Crippen LogP contribution in [0.4, 0.5) is 8.78 Å². The van der Waals surface area contributed by atoms with Gasteiger partial charge in [-0.05, 0) is 57.7 Å². The number of hydrogen-bond donors (Lipinski definition) is 0. The fourth-order valence-electron chi connectivity index (χ4n) is 1.87. The van der Waals surface area contributed by atoms with Crippen molar-refractivity contribution in [3.63, 3.8) is 0 Å². The Kier molecular flexibility index (Phi) is 5.16. The van der Waals surface area contributed by atoms with Crippen molar-refractivity contribution < 1.29 is 13.5 Å². The van der Waals surface area contributed by atoms with Crippen molar-refractivity contribution in [2.75, 3.05) is 7.11 Å². The first-order valence-electron chi connectivity index (χ1n) is 5.92. The first-order chi connectivity index (χ1) is 9.51. The molecule has 20 heavy (non-hydrogen) atoms. The van der Waals surface area contributed by atoms with Gasteiger partial charge in [-0.25, -0.2) is 8.78 Å². The van der Waals surface area contributed by atoms with E-state index in [0.29, 0.717) is 6.42 Å². The summed E-state index contributed by atoms with van der Waals surface area (Å²) in [6.07, 6.45) is 0.565. The molecule has 2 rings (SSSR count). The van der Waals surface area contributed by atoms with Crippen LogP contribution < -0.4 is 4.74 Å². The molecule has 1 atom stereocenters. The van der Waals surface area contributed by atoms with Gasteiger partial charge in [0.15, 0.2) is 11.6 Å². The zero-order valence-corrected chi connectivity index (χ0v) is 13.8. The van der Waals surface area contributed by atoms with Gasteiger partial charge in [0.1, 0.15) is 5.75 Å². The molecule has 0 heterocycles. The lowest BCUT2D eigenvalue weighted by Gasteiger charge is -2.12. The Morgan fingerprint density at radius 2 is 1.85 bits per heavy atom. The summed E-state index contributed by atoms with van der Waals surface area (Å²) < 4.78 is 32.1. The Hall–Kier alpha value is -0.940. The average Bonchev–Trinajstić information content (AvgIpc) is 2.42. The first kappa shape index (κ1) is 15.4. The number of benzene rings is 2. The van der Waals surface area contributed by atoms with E-state index in [9.17, 15) is 8.78 Å². The largest absolute Gasteiger partial charge is 0.496 e. The highest BCUT2D eigenvalue weighted by molar-refractivity contribution is 9.10. The van der Waals surface area contributed by atoms with E-state index in [1.165, 1.54) is 6.07 Å². The minimum atomic E-state index is -0.827. The second-order valence-electron chi connectivity index (χ2n) is 4.31. The summed E-state index contributed by atoms with van der Waals surface area (Å²) in [4.78, 5) is 0.00886. The van der Waals surface area contributed by atoms with E-state index in [-0.39, 0.29) is 4.83 Å². The molecule has 0 aliphatic rings. The molecule has 106 valence electrons. The van der Waals surface area contributed by atoms with Gasteiger partial charge in [0, 0.05) is 4.83 Å². The fraction of sp³-hybridized carbons (Fsp3) is 0.200. The van der Waals surface area contributed by atoms with Crippen molar-refractivity contribution in [2.45, 2.75) is 11.2 Å². The van der Waals surface area contributed by atoms with Crippen LogP contribution in [0.5, 0.6) is 5.75 Å². The van der Waals surface area contributed by atoms with Gasteiger partial charge in [-0.2, -0.15) is 0 Å². The molecule has 0 amide bonds. The minimum Gasteiger partial charge on any atom is -0.496 e. The lowest BCUT2D eigenvalue weighted by Crippen LogP contribution is -1.98. The van der Waals surface area contributed by atoms with Gasteiger partial charge in [0.2, 0.25) is 0 Å². The molecule has 0 aliphatic carbocycles. The van der Waals surface area contributed by atoms with Crippen LogP contribution in [0.25, 0.3) is 0 Å². The second kappa shape index (κ2) is 6.68. The van der Waals surface area contributed by atoms with Crippen LogP contribution >= 0.6 is 31.9 Å². The third-order valence-corrected chi connectivity index (χ3v) is 4.41. The monoisotopic (exact) mass is 404 g/mol. The summed E-state index contributed by atoms with van der Waals surface area (Å²) in [5, 5.41) is 0. The third-order valence-electron chi connectivity index (χ3n) is 2.94. The van der Waals surface area contributed by atoms with Gasteiger partial charge in [-0.3, -0.25) is 0 Å². The van der Waals surface area contributed by atoms with Crippen LogP contribution in [0.3, 0.4) is 0 Å². The molecule has 2 aromatic carbocycles. The normalized spacial score (nSPS) is 12.2. The number of alkyl halides is 1. The van der Waals surface area contributed by atoms with Crippen molar-refractivity contribution in [1.82, 2.24) is 0 Å². The summed E-state index contributed by atoms with van der Waals surface area (Å²) in [7, 11) is 1.60. The smallest absolute Gasteiger partial charge is 0.159 e. The Balaban J connectivity index is 2.17. The molecule has 0 saturated carbocycles. The van der Waals surface area contributed by atoms with Crippen LogP contribution in [0.1, 0.15) is 16.0 Å². The highest BCUT2D eigenvalue weighted by atomic mass is 79.9. The van der Waals surface area contributed by atoms with Crippen LogP contribution in [-0.2, 0) is 6.42 Å². The lowest BCUT2D eigenvalue weighted by atomic mass is 10.0. The molecule has 2 aromatic rings. The van der Waals surface area contributed by atoms with Gasteiger partial charge in [0.25, 0.3) is 0 Å². The topological polar surface area (TPSA) is 9.23 Å².